The van der Waals surface area contributed by atoms with Crippen LogP contribution in [-0.4, -0.2) is 84.9 Å². The summed E-state index contributed by atoms with van der Waals surface area (Å²) in [5.41, 5.74) is 0.0337. The summed E-state index contributed by atoms with van der Waals surface area (Å²) in [7, 11) is 0. The number of carbonyl (C=O) groups is 3. The summed E-state index contributed by atoms with van der Waals surface area (Å²) < 4.78 is 6.13. The van der Waals surface area contributed by atoms with Gasteiger partial charge in [0.05, 0.1) is 6.61 Å². The first-order valence-corrected chi connectivity index (χ1v) is 15.4. The molecule has 0 unspecified atom stereocenters. The minimum Gasteiger partial charge on any atom is -0.371 e. The Morgan fingerprint density at radius 3 is 1.32 bits per heavy atom. The van der Waals surface area contributed by atoms with E-state index in [9.17, 15) is 14.4 Å². The van der Waals surface area contributed by atoms with Crippen molar-refractivity contribution in [1.82, 2.24) is 14.7 Å². The van der Waals surface area contributed by atoms with Gasteiger partial charge in [-0.15, -0.1) is 0 Å². The van der Waals surface area contributed by atoms with E-state index in [1.54, 1.807) is 9.80 Å². The number of amides is 3. The molecular formula is C31H61N3O4. The highest BCUT2D eigenvalue weighted by atomic mass is 16.5. The third kappa shape index (κ3) is 14.5. The van der Waals surface area contributed by atoms with E-state index in [2.05, 4.69) is 34.6 Å². The number of nitrogens with zero attached hydrogens (tertiary/aromatic N) is 3. The zero-order valence-corrected chi connectivity index (χ0v) is 26.4. The van der Waals surface area contributed by atoms with E-state index in [0.29, 0.717) is 44.6 Å². The Kier molecular flexibility index (Phi) is 19.4. The molecule has 3 amide bonds. The van der Waals surface area contributed by atoms with Crippen molar-refractivity contribution in [2.24, 2.45) is 17.3 Å². The Balaban J connectivity index is 5.70. The zero-order chi connectivity index (χ0) is 29.1. The SMILES string of the molecule is CCCN(CCC)C(=O)CN(CC(=O)N(CCC)CCC)C(=O)COCC(CCC)(CC(C)C)CC(C)C. The Hall–Kier alpha value is -1.63. The molecular weight excluding hydrogens is 478 g/mol. The smallest absolute Gasteiger partial charge is 0.249 e. The molecule has 0 saturated carbocycles. The minimum atomic E-state index is -0.285. The number of carbonyl (C=O) groups excluding carboxylic acids is 3. The van der Waals surface area contributed by atoms with Gasteiger partial charge in [0.25, 0.3) is 0 Å². The van der Waals surface area contributed by atoms with Gasteiger partial charge >= 0.3 is 0 Å². The molecule has 0 fully saturated rings. The number of hydrogen-bond acceptors (Lipinski definition) is 4. The van der Waals surface area contributed by atoms with E-state index >= 15 is 0 Å². The van der Waals surface area contributed by atoms with Gasteiger partial charge in [0.2, 0.25) is 17.7 Å². The van der Waals surface area contributed by atoms with Crippen LogP contribution in [0.5, 0.6) is 0 Å². The lowest BCUT2D eigenvalue weighted by Crippen LogP contribution is -2.49. The van der Waals surface area contributed by atoms with Gasteiger partial charge in [-0.1, -0.05) is 68.7 Å². The molecule has 0 saturated heterocycles. The average molecular weight is 540 g/mol. The molecule has 0 heterocycles. The molecule has 0 aromatic rings. The zero-order valence-electron chi connectivity index (χ0n) is 26.4. The normalized spacial score (nSPS) is 11.8. The van der Waals surface area contributed by atoms with E-state index in [1.165, 1.54) is 4.90 Å². The number of hydrogen-bond donors (Lipinski definition) is 0. The molecule has 0 bridgehead atoms. The first kappa shape index (κ1) is 36.4. The van der Waals surface area contributed by atoms with Crippen LogP contribution in [0, 0.1) is 17.3 Å². The van der Waals surface area contributed by atoms with Gasteiger partial charge in [0, 0.05) is 26.2 Å². The maximum absolute atomic E-state index is 13.4. The maximum Gasteiger partial charge on any atom is 0.249 e. The third-order valence-electron chi connectivity index (χ3n) is 6.78. The van der Waals surface area contributed by atoms with Crippen molar-refractivity contribution in [3.05, 3.63) is 0 Å². The second-order valence-corrected chi connectivity index (χ2v) is 12.0. The van der Waals surface area contributed by atoms with E-state index in [-0.39, 0.29) is 42.8 Å². The third-order valence-corrected chi connectivity index (χ3v) is 6.78. The van der Waals surface area contributed by atoms with Crippen LogP contribution < -0.4 is 0 Å². The summed E-state index contributed by atoms with van der Waals surface area (Å²) in [6, 6.07) is 0. The maximum atomic E-state index is 13.4. The number of ether oxygens (including phenoxy) is 1. The van der Waals surface area contributed by atoms with Gasteiger partial charge in [-0.05, 0) is 62.2 Å². The summed E-state index contributed by atoms with van der Waals surface area (Å²) in [5, 5.41) is 0. The molecule has 7 nitrogen and oxygen atoms in total. The van der Waals surface area contributed by atoms with Crippen LogP contribution in [-0.2, 0) is 19.1 Å². The highest BCUT2D eigenvalue weighted by Gasteiger charge is 2.32. The van der Waals surface area contributed by atoms with Crippen molar-refractivity contribution < 1.29 is 19.1 Å². The Morgan fingerprint density at radius 2 is 1.00 bits per heavy atom. The summed E-state index contributed by atoms with van der Waals surface area (Å²) >= 11 is 0. The number of rotatable bonds is 22. The van der Waals surface area contributed by atoms with E-state index in [1.807, 2.05) is 27.7 Å². The van der Waals surface area contributed by atoms with Gasteiger partial charge < -0.3 is 19.4 Å². The largest absolute Gasteiger partial charge is 0.371 e. The molecule has 224 valence electrons. The molecule has 0 aromatic carbocycles. The van der Waals surface area contributed by atoms with Gasteiger partial charge in [-0.25, -0.2) is 0 Å². The van der Waals surface area contributed by atoms with Gasteiger partial charge in [0.1, 0.15) is 19.7 Å². The quantitative estimate of drug-likeness (QED) is 0.169. The lowest BCUT2D eigenvalue weighted by molar-refractivity contribution is -0.148. The minimum absolute atomic E-state index is 0.0337. The van der Waals surface area contributed by atoms with Gasteiger partial charge in [0.15, 0.2) is 0 Å². The van der Waals surface area contributed by atoms with Gasteiger partial charge in [-0.2, -0.15) is 0 Å². The van der Waals surface area contributed by atoms with Crippen LogP contribution >= 0.6 is 0 Å². The molecule has 0 aromatic heterocycles. The van der Waals surface area contributed by atoms with Crippen molar-refractivity contribution in [1.29, 1.82) is 0 Å². The second-order valence-electron chi connectivity index (χ2n) is 12.0. The van der Waals surface area contributed by atoms with Crippen LogP contribution in [0.4, 0.5) is 0 Å². The fourth-order valence-corrected chi connectivity index (χ4v) is 5.75. The molecule has 0 radical (unpaired) electrons. The first-order chi connectivity index (χ1) is 18.0. The molecule has 0 aliphatic heterocycles. The molecule has 0 N–H and O–H groups in total. The molecule has 0 aliphatic rings. The lowest BCUT2D eigenvalue weighted by atomic mass is 9.72. The molecule has 0 spiro atoms. The van der Waals surface area contributed by atoms with Crippen LogP contribution in [0.2, 0.25) is 0 Å². The van der Waals surface area contributed by atoms with Crippen molar-refractivity contribution in [3.8, 4) is 0 Å². The highest BCUT2D eigenvalue weighted by Crippen LogP contribution is 2.38. The van der Waals surface area contributed by atoms with Crippen molar-refractivity contribution >= 4 is 17.7 Å². The molecule has 0 aliphatic carbocycles. The predicted octanol–water partition coefficient (Wildman–Crippen LogP) is 6.01. The summed E-state index contributed by atoms with van der Waals surface area (Å²) in [5.74, 6) is 0.585. The van der Waals surface area contributed by atoms with Crippen LogP contribution in [0.25, 0.3) is 0 Å². The Bertz CT molecular complexity index is 614. The highest BCUT2D eigenvalue weighted by molar-refractivity contribution is 5.89. The van der Waals surface area contributed by atoms with Crippen LogP contribution in [0.3, 0.4) is 0 Å². The molecule has 38 heavy (non-hydrogen) atoms. The summed E-state index contributed by atoms with van der Waals surface area (Å²) in [4.78, 5) is 44.8. The summed E-state index contributed by atoms with van der Waals surface area (Å²) in [6.07, 6.45) is 7.66. The fourth-order valence-electron chi connectivity index (χ4n) is 5.75. The fraction of sp³-hybridized carbons (Fsp3) is 0.903. The topological polar surface area (TPSA) is 70.2 Å². The van der Waals surface area contributed by atoms with E-state index in [0.717, 1.165) is 51.4 Å². The monoisotopic (exact) mass is 539 g/mol. The average Bonchev–Trinajstić information content (AvgIpc) is 2.82. The predicted molar refractivity (Wildman–Crippen MR) is 158 cm³/mol. The lowest BCUT2D eigenvalue weighted by Gasteiger charge is -2.37. The van der Waals surface area contributed by atoms with Gasteiger partial charge in [-0.3, -0.25) is 14.4 Å². The Labute approximate surface area is 235 Å². The Morgan fingerprint density at radius 1 is 0.605 bits per heavy atom. The standard InChI is InChI=1S/C31H61N3O4/c1-10-15-31(20-26(6)7,21-27(8)9)25-38-24-30(37)34(22-28(35)32(16-11-2)17-12-3)23-29(36)33(18-13-4)19-14-5/h26-27H,10-25H2,1-9H3. The van der Waals surface area contributed by atoms with E-state index < -0.39 is 0 Å². The van der Waals surface area contributed by atoms with Crippen LogP contribution in [0.15, 0.2) is 0 Å². The molecule has 0 atom stereocenters. The van der Waals surface area contributed by atoms with Crippen molar-refractivity contribution in [3.63, 3.8) is 0 Å². The molecule has 0 rings (SSSR count). The van der Waals surface area contributed by atoms with E-state index in [4.69, 9.17) is 4.74 Å². The van der Waals surface area contributed by atoms with Crippen molar-refractivity contribution in [2.45, 2.75) is 114 Å². The van der Waals surface area contributed by atoms with Crippen molar-refractivity contribution in [2.75, 3.05) is 52.5 Å². The molecule has 7 heteroatoms. The second kappa shape index (κ2) is 20.3. The van der Waals surface area contributed by atoms with Crippen LogP contribution in [0.1, 0.15) is 114 Å². The first-order valence-electron chi connectivity index (χ1n) is 15.4. The summed E-state index contributed by atoms with van der Waals surface area (Å²) in [6.45, 7) is 22.2.